The minimum atomic E-state index is -1.59. The maximum atomic E-state index is 13.1. The van der Waals surface area contributed by atoms with Crippen molar-refractivity contribution in [2.24, 2.45) is 0 Å². The number of ether oxygens (including phenoxy) is 6. The molecule has 0 saturated heterocycles. The van der Waals surface area contributed by atoms with E-state index in [4.69, 9.17) is 28.4 Å². The van der Waals surface area contributed by atoms with E-state index in [0.29, 0.717) is 0 Å². The Labute approximate surface area is 362 Å². The zero-order chi connectivity index (χ0) is 44.0. The average Bonchev–Trinajstić information content (AvgIpc) is 3.29. The fraction of sp³-hybridized carbons (Fsp3) is 0.231. The normalized spacial score (nSPS) is 13.4. The van der Waals surface area contributed by atoms with E-state index in [9.17, 15) is 19.2 Å². The van der Waals surface area contributed by atoms with Crippen LogP contribution in [0.25, 0.3) is 0 Å². The van der Waals surface area contributed by atoms with E-state index in [1.807, 2.05) is 182 Å². The summed E-state index contributed by atoms with van der Waals surface area (Å²) >= 11 is 0. The van der Waals surface area contributed by atoms with E-state index >= 15 is 0 Å². The number of benzene rings is 6. The van der Waals surface area contributed by atoms with E-state index in [1.54, 1.807) is 0 Å². The molecule has 0 fully saturated rings. The van der Waals surface area contributed by atoms with E-state index in [2.05, 4.69) is 0 Å². The lowest BCUT2D eigenvalue weighted by atomic mass is 9.80. The molecule has 0 aromatic heterocycles. The van der Waals surface area contributed by atoms with Crippen molar-refractivity contribution in [2.75, 3.05) is 13.2 Å². The summed E-state index contributed by atoms with van der Waals surface area (Å²) in [5, 5.41) is 0. The molecule has 62 heavy (non-hydrogen) atoms. The Morgan fingerprint density at radius 1 is 0.339 bits per heavy atom. The van der Waals surface area contributed by atoms with Crippen LogP contribution in [0.3, 0.4) is 0 Å². The van der Waals surface area contributed by atoms with Crippen LogP contribution in [0.4, 0.5) is 0 Å². The largest absolute Gasteiger partial charge is 0.456 e. The summed E-state index contributed by atoms with van der Waals surface area (Å²) in [6.07, 6.45) is -6.05. The van der Waals surface area contributed by atoms with Crippen molar-refractivity contribution < 1.29 is 47.6 Å². The lowest BCUT2D eigenvalue weighted by molar-refractivity contribution is -0.210. The molecule has 6 aromatic carbocycles. The van der Waals surface area contributed by atoms with Crippen LogP contribution < -0.4 is 0 Å². The van der Waals surface area contributed by atoms with Gasteiger partial charge in [0.25, 0.3) is 0 Å². The fourth-order valence-electron chi connectivity index (χ4n) is 7.86. The molecule has 0 aliphatic rings. The highest BCUT2D eigenvalue weighted by molar-refractivity contribution is 5.69. The predicted molar refractivity (Wildman–Crippen MR) is 233 cm³/mol. The summed E-state index contributed by atoms with van der Waals surface area (Å²) in [4.78, 5) is 52.4. The third-order valence-corrected chi connectivity index (χ3v) is 10.3. The van der Waals surface area contributed by atoms with Gasteiger partial charge in [0.1, 0.15) is 11.2 Å². The third kappa shape index (κ3) is 10.5. The first-order chi connectivity index (χ1) is 30.0. The van der Waals surface area contributed by atoms with Crippen LogP contribution in [0.15, 0.2) is 182 Å². The Morgan fingerprint density at radius 2 is 0.532 bits per heavy atom. The van der Waals surface area contributed by atoms with Crippen LogP contribution in [-0.4, -0.2) is 61.5 Å². The van der Waals surface area contributed by atoms with Crippen LogP contribution in [0.2, 0.25) is 0 Å². The van der Waals surface area contributed by atoms with Gasteiger partial charge in [-0.2, -0.15) is 0 Å². The Balaban J connectivity index is 1.48. The number of carbonyl (C=O) groups is 4. The van der Waals surface area contributed by atoms with Gasteiger partial charge in [0.2, 0.25) is 0 Å². The van der Waals surface area contributed by atoms with E-state index in [0.717, 1.165) is 33.4 Å². The Hall–Kier alpha value is -6.88. The molecule has 0 heterocycles. The summed E-state index contributed by atoms with van der Waals surface area (Å²) in [6.45, 7) is 3.96. The van der Waals surface area contributed by atoms with Gasteiger partial charge in [-0.05, 0) is 33.4 Å². The van der Waals surface area contributed by atoms with E-state index in [-0.39, 0.29) is 0 Å². The van der Waals surface area contributed by atoms with Crippen LogP contribution in [0, 0.1) is 0 Å². The molecule has 6 aromatic rings. The van der Waals surface area contributed by atoms with Crippen molar-refractivity contribution in [3.63, 3.8) is 0 Å². The lowest BCUT2D eigenvalue weighted by Gasteiger charge is -2.41. The zero-order valence-corrected chi connectivity index (χ0v) is 35.1. The number of esters is 4. The Bertz CT molecular complexity index is 1980. The molecule has 0 aliphatic carbocycles. The summed E-state index contributed by atoms with van der Waals surface area (Å²) < 4.78 is 38.1. The summed E-state index contributed by atoms with van der Waals surface area (Å²) in [5.74, 6) is -3.06. The van der Waals surface area contributed by atoms with E-state index < -0.39 is 72.7 Å². The third-order valence-electron chi connectivity index (χ3n) is 10.3. The van der Waals surface area contributed by atoms with Gasteiger partial charge in [0, 0.05) is 27.7 Å². The highest BCUT2D eigenvalue weighted by Gasteiger charge is 2.48. The summed E-state index contributed by atoms with van der Waals surface area (Å²) in [7, 11) is 0. The van der Waals surface area contributed by atoms with Gasteiger partial charge < -0.3 is 28.4 Å². The first-order valence-corrected chi connectivity index (χ1v) is 20.3. The van der Waals surface area contributed by atoms with Gasteiger partial charge in [0.05, 0.1) is 13.2 Å². The average molecular weight is 835 g/mol. The second-order valence-corrected chi connectivity index (χ2v) is 14.6. The highest BCUT2D eigenvalue weighted by atomic mass is 16.6. The number of hydrogen-bond donors (Lipinski definition) is 0. The molecule has 318 valence electrons. The molecular weight excluding hydrogens is 785 g/mol. The van der Waals surface area contributed by atoms with Crippen molar-refractivity contribution in [1.82, 2.24) is 0 Å². The smallest absolute Gasteiger partial charge is 0.303 e. The zero-order valence-electron chi connectivity index (χ0n) is 35.1. The van der Waals surface area contributed by atoms with Crippen LogP contribution in [0.1, 0.15) is 61.1 Å². The summed E-state index contributed by atoms with van der Waals surface area (Å²) in [5.41, 5.74) is 1.94. The maximum Gasteiger partial charge on any atom is 0.303 e. The predicted octanol–water partition coefficient (Wildman–Crippen LogP) is 8.73. The molecule has 0 amide bonds. The summed E-state index contributed by atoms with van der Waals surface area (Å²) in [6, 6.07) is 57.2. The van der Waals surface area contributed by atoms with Gasteiger partial charge in [0.15, 0.2) is 24.4 Å². The second-order valence-electron chi connectivity index (χ2n) is 14.6. The molecule has 0 spiro atoms. The molecule has 6 rings (SSSR count). The van der Waals surface area contributed by atoms with Gasteiger partial charge in [-0.3, -0.25) is 19.2 Å². The molecule has 0 saturated carbocycles. The first-order valence-electron chi connectivity index (χ1n) is 20.3. The van der Waals surface area contributed by atoms with Crippen LogP contribution >= 0.6 is 0 Å². The molecule has 0 radical (unpaired) electrons. The van der Waals surface area contributed by atoms with Crippen molar-refractivity contribution in [3.8, 4) is 0 Å². The molecular formula is C52H50O10. The minimum Gasteiger partial charge on any atom is -0.456 e. The minimum absolute atomic E-state index is 0.399. The molecule has 4 unspecified atom stereocenters. The highest BCUT2D eigenvalue weighted by Crippen LogP contribution is 2.43. The van der Waals surface area contributed by atoms with Crippen molar-refractivity contribution in [1.29, 1.82) is 0 Å². The molecule has 0 N–H and O–H groups in total. The molecule has 10 nitrogen and oxygen atoms in total. The first kappa shape index (κ1) is 44.7. The quantitative estimate of drug-likeness (QED) is 0.0445. The number of hydrogen-bond acceptors (Lipinski definition) is 10. The van der Waals surface area contributed by atoms with E-state index in [1.165, 1.54) is 27.7 Å². The lowest BCUT2D eigenvalue weighted by Crippen LogP contribution is -2.55. The molecule has 0 aliphatic heterocycles. The monoisotopic (exact) mass is 834 g/mol. The van der Waals surface area contributed by atoms with Crippen molar-refractivity contribution >= 4 is 23.9 Å². The number of rotatable bonds is 19. The fourth-order valence-corrected chi connectivity index (χ4v) is 7.86. The maximum absolute atomic E-state index is 13.1. The molecule has 4 atom stereocenters. The van der Waals surface area contributed by atoms with Gasteiger partial charge >= 0.3 is 23.9 Å². The Morgan fingerprint density at radius 3 is 0.710 bits per heavy atom. The van der Waals surface area contributed by atoms with Crippen LogP contribution in [0.5, 0.6) is 0 Å². The SMILES string of the molecule is CC(=O)OC(COC(c1ccccc1)(c1ccccc1)c1ccccc1)C(OC(C)=O)C(OC(C)=O)C(COC(c1ccccc1)(c1ccccc1)c1ccccc1)OC(C)=O. The van der Waals surface area contributed by atoms with Crippen LogP contribution in [-0.2, 0) is 58.8 Å². The van der Waals surface area contributed by atoms with Gasteiger partial charge in [-0.25, -0.2) is 0 Å². The van der Waals surface area contributed by atoms with Gasteiger partial charge in [-0.15, -0.1) is 0 Å². The molecule has 0 bridgehead atoms. The van der Waals surface area contributed by atoms with Crippen molar-refractivity contribution in [2.45, 2.75) is 63.3 Å². The standard InChI is InChI=1S/C52H50O10/c1-37(53)59-47(35-57-51(41-23-11-5-12-24-41,42-25-13-6-14-26-42)43-27-15-7-16-28-43)49(61-39(3)55)50(62-40(4)56)48(60-38(2)54)36-58-52(44-29-17-8-18-30-44,45-31-19-9-20-32-45)46-33-21-10-22-34-46/h5-34,47-50H,35-36H2,1-4H3. The molecule has 10 heteroatoms. The van der Waals surface area contributed by atoms with Crippen molar-refractivity contribution in [3.05, 3.63) is 215 Å². The topological polar surface area (TPSA) is 124 Å². The Kier molecular flexibility index (Phi) is 15.2. The number of carbonyl (C=O) groups excluding carboxylic acids is 4. The second kappa shape index (κ2) is 21.1. The van der Waals surface area contributed by atoms with Gasteiger partial charge in [-0.1, -0.05) is 182 Å².